The van der Waals surface area contributed by atoms with Gasteiger partial charge in [-0.2, -0.15) is 4.98 Å². The Labute approximate surface area is 174 Å². The lowest BCUT2D eigenvalue weighted by atomic mass is 10.1. The van der Waals surface area contributed by atoms with Crippen molar-refractivity contribution in [2.45, 2.75) is 13.5 Å². The van der Waals surface area contributed by atoms with Gasteiger partial charge in [0.2, 0.25) is 11.7 Å². The molecule has 0 radical (unpaired) electrons. The highest BCUT2D eigenvalue weighted by Crippen LogP contribution is 2.26. The lowest BCUT2D eigenvalue weighted by molar-refractivity contribution is 0.402. The molecular formula is C23H21N5O2. The molecule has 0 atom stereocenters. The summed E-state index contributed by atoms with van der Waals surface area (Å²) < 4.78 is 7.06. The summed E-state index contributed by atoms with van der Waals surface area (Å²) >= 11 is 0. The molecule has 4 aromatic rings. The minimum atomic E-state index is -0.424. The largest absolute Gasteiger partial charge is 0.490 e. The van der Waals surface area contributed by atoms with E-state index in [1.165, 1.54) is 7.11 Å². The number of nitrogens with zero attached hydrogens (tertiary/aromatic N) is 4. The van der Waals surface area contributed by atoms with Crippen LogP contribution in [0.5, 0.6) is 5.75 Å². The summed E-state index contributed by atoms with van der Waals surface area (Å²) in [6.45, 7) is 2.53. The van der Waals surface area contributed by atoms with Gasteiger partial charge in [0.15, 0.2) is 0 Å². The molecule has 2 heterocycles. The number of aryl methyl sites for hydroxylation is 1. The van der Waals surface area contributed by atoms with Crippen molar-refractivity contribution >= 4 is 11.6 Å². The number of hydrogen-bond donors (Lipinski definition) is 1. The normalized spacial score (nSPS) is 10.6. The van der Waals surface area contributed by atoms with Crippen molar-refractivity contribution < 1.29 is 4.74 Å². The van der Waals surface area contributed by atoms with Gasteiger partial charge in [0.05, 0.1) is 31.7 Å². The van der Waals surface area contributed by atoms with E-state index in [-0.39, 0.29) is 5.75 Å². The van der Waals surface area contributed by atoms with Crippen LogP contribution < -0.4 is 15.6 Å². The molecule has 0 spiro atoms. The summed E-state index contributed by atoms with van der Waals surface area (Å²) in [6, 6.07) is 15.9. The van der Waals surface area contributed by atoms with Gasteiger partial charge in [-0.25, -0.2) is 0 Å². The first-order chi connectivity index (χ1) is 14.6. The molecule has 0 amide bonds. The van der Waals surface area contributed by atoms with E-state index in [9.17, 15) is 4.79 Å². The third-order valence-electron chi connectivity index (χ3n) is 4.72. The summed E-state index contributed by atoms with van der Waals surface area (Å²) in [4.78, 5) is 25.0. The van der Waals surface area contributed by atoms with Crippen LogP contribution in [0.3, 0.4) is 0 Å². The van der Waals surface area contributed by atoms with Crippen LogP contribution in [0, 0.1) is 6.92 Å². The zero-order valence-corrected chi connectivity index (χ0v) is 16.7. The van der Waals surface area contributed by atoms with Crippen LogP contribution in [-0.2, 0) is 6.54 Å². The maximum absolute atomic E-state index is 12.3. The maximum atomic E-state index is 12.3. The lowest BCUT2D eigenvalue weighted by Crippen LogP contribution is -2.19. The zero-order chi connectivity index (χ0) is 20.9. The van der Waals surface area contributed by atoms with Crippen molar-refractivity contribution in [3.05, 3.63) is 94.8 Å². The Morgan fingerprint density at radius 2 is 1.93 bits per heavy atom. The van der Waals surface area contributed by atoms with E-state index in [2.05, 4.69) is 20.3 Å². The molecule has 0 aliphatic carbocycles. The standard InChI is InChI=1S/C23H21N5O2/c1-16-8-9-18(20-13-24-10-11-25-20)12-19(16)26-23-27-22(29)21(30-2)15-28(23)14-17-6-4-3-5-7-17/h3-13,15H,14H2,1-2H3,(H,26,27,29). The molecule has 0 saturated heterocycles. The van der Waals surface area contributed by atoms with E-state index >= 15 is 0 Å². The minimum absolute atomic E-state index is 0.196. The van der Waals surface area contributed by atoms with Gasteiger partial charge in [-0.3, -0.25) is 14.8 Å². The predicted octanol–water partition coefficient (Wildman–Crippen LogP) is 3.81. The van der Waals surface area contributed by atoms with Crippen molar-refractivity contribution in [3.63, 3.8) is 0 Å². The number of rotatable bonds is 6. The zero-order valence-electron chi connectivity index (χ0n) is 16.7. The molecule has 0 bridgehead atoms. The summed E-state index contributed by atoms with van der Waals surface area (Å²) in [5, 5.41) is 3.31. The van der Waals surface area contributed by atoms with Crippen LogP contribution in [0.4, 0.5) is 11.6 Å². The van der Waals surface area contributed by atoms with Crippen LogP contribution in [0.25, 0.3) is 11.3 Å². The van der Waals surface area contributed by atoms with Crippen LogP contribution in [0.15, 0.2) is 78.1 Å². The second-order valence-corrected chi connectivity index (χ2v) is 6.80. The van der Waals surface area contributed by atoms with E-state index in [1.807, 2.05) is 60.0 Å². The summed E-state index contributed by atoms with van der Waals surface area (Å²) in [5.41, 5.74) is 4.19. The molecule has 4 rings (SSSR count). The quantitative estimate of drug-likeness (QED) is 0.531. The Balaban J connectivity index is 1.74. The number of anilines is 2. The van der Waals surface area contributed by atoms with E-state index in [4.69, 9.17) is 4.74 Å². The molecular weight excluding hydrogens is 378 g/mol. The minimum Gasteiger partial charge on any atom is -0.490 e. The molecule has 150 valence electrons. The highest BCUT2D eigenvalue weighted by atomic mass is 16.5. The lowest BCUT2D eigenvalue weighted by Gasteiger charge is -2.17. The summed E-state index contributed by atoms with van der Waals surface area (Å²) in [5.74, 6) is 0.630. The molecule has 0 saturated carbocycles. The highest BCUT2D eigenvalue weighted by molar-refractivity contribution is 5.69. The first-order valence-corrected chi connectivity index (χ1v) is 9.47. The van der Waals surface area contributed by atoms with Gasteiger partial charge >= 0.3 is 5.56 Å². The number of hydrogen-bond acceptors (Lipinski definition) is 6. The van der Waals surface area contributed by atoms with E-state index in [0.29, 0.717) is 12.5 Å². The van der Waals surface area contributed by atoms with Gasteiger partial charge in [0.1, 0.15) is 0 Å². The highest BCUT2D eigenvalue weighted by Gasteiger charge is 2.12. The molecule has 30 heavy (non-hydrogen) atoms. The Kier molecular flexibility index (Phi) is 5.52. The first kappa shape index (κ1) is 19.3. The van der Waals surface area contributed by atoms with Crippen LogP contribution in [0.2, 0.25) is 0 Å². The topological polar surface area (TPSA) is 81.9 Å². The van der Waals surface area contributed by atoms with Gasteiger partial charge in [0, 0.05) is 23.6 Å². The molecule has 2 aromatic heterocycles. The molecule has 2 aromatic carbocycles. The molecule has 0 fully saturated rings. The molecule has 0 aliphatic heterocycles. The summed E-state index contributed by atoms with van der Waals surface area (Å²) in [7, 11) is 1.47. The monoisotopic (exact) mass is 399 g/mol. The average molecular weight is 399 g/mol. The molecule has 0 unspecified atom stereocenters. The molecule has 7 heteroatoms. The first-order valence-electron chi connectivity index (χ1n) is 9.47. The van der Waals surface area contributed by atoms with Crippen molar-refractivity contribution in [2.75, 3.05) is 12.4 Å². The van der Waals surface area contributed by atoms with Gasteiger partial charge in [0.25, 0.3) is 0 Å². The number of benzene rings is 2. The third-order valence-corrected chi connectivity index (χ3v) is 4.72. The van der Waals surface area contributed by atoms with Crippen molar-refractivity contribution in [1.82, 2.24) is 19.5 Å². The second kappa shape index (κ2) is 8.57. The number of aromatic nitrogens is 4. The fourth-order valence-electron chi connectivity index (χ4n) is 3.10. The fourth-order valence-corrected chi connectivity index (χ4v) is 3.10. The van der Waals surface area contributed by atoms with Crippen molar-refractivity contribution in [2.24, 2.45) is 0 Å². The predicted molar refractivity (Wildman–Crippen MR) is 116 cm³/mol. The Morgan fingerprint density at radius 1 is 1.10 bits per heavy atom. The smallest absolute Gasteiger partial charge is 0.316 e. The summed E-state index contributed by atoms with van der Waals surface area (Å²) in [6.07, 6.45) is 6.68. The van der Waals surface area contributed by atoms with E-state index < -0.39 is 5.56 Å². The van der Waals surface area contributed by atoms with Crippen molar-refractivity contribution in [1.29, 1.82) is 0 Å². The number of ether oxygens (including phenoxy) is 1. The molecule has 1 N–H and O–H groups in total. The van der Waals surface area contributed by atoms with E-state index in [0.717, 1.165) is 28.1 Å². The molecule has 0 aliphatic rings. The Hall–Kier alpha value is -4.00. The maximum Gasteiger partial charge on any atom is 0.316 e. The van der Waals surface area contributed by atoms with Crippen LogP contribution in [0.1, 0.15) is 11.1 Å². The van der Waals surface area contributed by atoms with Crippen LogP contribution in [-0.4, -0.2) is 26.6 Å². The molecule has 7 nitrogen and oxygen atoms in total. The van der Waals surface area contributed by atoms with Gasteiger partial charge in [-0.05, 0) is 24.1 Å². The van der Waals surface area contributed by atoms with E-state index in [1.54, 1.807) is 24.8 Å². The second-order valence-electron chi connectivity index (χ2n) is 6.80. The van der Waals surface area contributed by atoms with Gasteiger partial charge < -0.3 is 14.6 Å². The fraction of sp³-hybridized carbons (Fsp3) is 0.130. The Morgan fingerprint density at radius 3 is 2.67 bits per heavy atom. The average Bonchev–Trinajstić information content (AvgIpc) is 2.78. The van der Waals surface area contributed by atoms with Gasteiger partial charge in [-0.1, -0.05) is 42.5 Å². The van der Waals surface area contributed by atoms with Gasteiger partial charge in [-0.15, -0.1) is 0 Å². The van der Waals surface area contributed by atoms with Crippen molar-refractivity contribution in [3.8, 4) is 17.0 Å². The number of methoxy groups -OCH3 is 1. The number of nitrogens with one attached hydrogen (secondary N) is 1. The Bertz CT molecular complexity index is 1210. The SMILES string of the molecule is COc1cn(Cc2ccccc2)c(Nc2cc(-c3cnccn3)ccc2C)nc1=O. The van der Waals surface area contributed by atoms with Crippen LogP contribution >= 0.6 is 0 Å². The third kappa shape index (κ3) is 4.20.